The average molecular weight is 207 g/mol. The van der Waals surface area contributed by atoms with E-state index in [4.69, 9.17) is 0 Å². The molecule has 0 aromatic heterocycles. The number of thiol groups is 1. The van der Waals surface area contributed by atoms with Gasteiger partial charge < -0.3 is 10.1 Å². The van der Waals surface area contributed by atoms with Crippen LogP contribution in [-0.4, -0.2) is 12.8 Å². The third-order valence-corrected chi connectivity index (χ3v) is 3.12. The quantitative estimate of drug-likeness (QED) is 0.572. The Labute approximate surface area is 89.1 Å². The molecule has 0 amide bonds. The third-order valence-electron chi connectivity index (χ3n) is 2.72. The molecule has 1 saturated heterocycles. The molecule has 74 valence electrons. The Morgan fingerprint density at radius 2 is 2.21 bits per heavy atom. The first-order valence-electron chi connectivity index (χ1n) is 4.79. The number of aldehydes is 1. The highest BCUT2D eigenvalue weighted by molar-refractivity contribution is 7.80. The Morgan fingerprint density at radius 1 is 1.43 bits per heavy atom. The zero-order chi connectivity index (χ0) is 9.97. The summed E-state index contributed by atoms with van der Waals surface area (Å²) in [6.07, 6.45) is 1.97. The monoisotopic (exact) mass is 207 g/mol. The molecule has 2 rings (SSSR count). The summed E-state index contributed by atoms with van der Waals surface area (Å²) in [4.78, 5) is 11.8. The van der Waals surface area contributed by atoms with E-state index in [9.17, 15) is 4.79 Å². The van der Waals surface area contributed by atoms with Crippen molar-refractivity contribution < 1.29 is 4.79 Å². The number of carbonyl (C=O) groups is 1. The minimum atomic E-state index is 0.100. The maximum Gasteiger partial charge on any atom is 0.125 e. The number of carbonyl (C=O) groups excluding carboxylic acids is 1. The highest BCUT2D eigenvalue weighted by Crippen LogP contribution is 2.31. The minimum absolute atomic E-state index is 0.100. The van der Waals surface area contributed by atoms with E-state index in [0.717, 1.165) is 29.7 Å². The van der Waals surface area contributed by atoms with Crippen molar-refractivity contribution >= 4 is 18.9 Å². The first-order valence-corrected chi connectivity index (χ1v) is 5.24. The highest BCUT2D eigenvalue weighted by Gasteiger charge is 2.28. The molecular weight excluding hydrogens is 194 g/mol. The van der Waals surface area contributed by atoms with E-state index in [2.05, 4.69) is 17.9 Å². The van der Waals surface area contributed by atoms with E-state index in [-0.39, 0.29) is 12.0 Å². The van der Waals surface area contributed by atoms with Crippen molar-refractivity contribution in [3.63, 3.8) is 0 Å². The molecule has 0 spiro atoms. The summed E-state index contributed by atoms with van der Waals surface area (Å²) in [7, 11) is 0. The smallest absolute Gasteiger partial charge is 0.125 e. The Morgan fingerprint density at radius 3 is 2.93 bits per heavy atom. The van der Waals surface area contributed by atoms with Crippen LogP contribution in [0.4, 0.5) is 0 Å². The highest BCUT2D eigenvalue weighted by atomic mass is 32.1. The van der Waals surface area contributed by atoms with Crippen molar-refractivity contribution in [1.82, 2.24) is 5.32 Å². The number of rotatable bonds is 2. The molecule has 1 aliphatic rings. The van der Waals surface area contributed by atoms with Crippen LogP contribution in [0.15, 0.2) is 29.2 Å². The van der Waals surface area contributed by atoms with Crippen LogP contribution in [0.1, 0.15) is 18.0 Å². The van der Waals surface area contributed by atoms with Crippen LogP contribution in [0.5, 0.6) is 0 Å². The van der Waals surface area contributed by atoms with Crippen molar-refractivity contribution in [1.29, 1.82) is 0 Å². The van der Waals surface area contributed by atoms with E-state index in [0.29, 0.717) is 0 Å². The van der Waals surface area contributed by atoms with Gasteiger partial charge in [-0.2, -0.15) is 0 Å². The van der Waals surface area contributed by atoms with Gasteiger partial charge in [0.1, 0.15) is 6.29 Å². The van der Waals surface area contributed by atoms with Crippen molar-refractivity contribution in [2.75, 3.05) is 6.54 Å². The van der Waals surface area contributed by atoms with Gasteiger partial charge in [-0.05, 0) is 24.6 Å². The number of hydrogen-bond donors (Lipinski definition) is 2. The third kappa shape index (κ3) is 1.70. The molecule has 1 aliphatic heterocycles. The standard InChI is InChI=1S/C11H13NOS/c13-7-8-5-6-12-11(8)9-3-1-2-4-10(9)14/h1-4,7-8,11-12,14H,5-6H2/t8-,11-/m1/s1. The number of nitrogens with one attached hydrogen (secondary N) is 1. The Hall–Kier alpha value is -0.800. The van der Waals surface area contributed by atoms with Gasteiger partial charge in [0.25, 0.3) is 0 Å². The van der Waals surface area contributed by atoms with Gasteiger partial charge in [-0.15, -0.1) is 12.6 Å². The van der Waals surface area contributed by atoms with Gasteiger partial charge in [0, 0.05) is 16.9 Å². The molecule has 2 nitrogen and oxygen atoms in total. The molecule has 2 atom stereocenters. The average Bonchev–Trinajstić information content (AvgIpc) is 2.66. The van der Waals surface area contributed by atoms with Gasteiger partial charge in [0.05, 0.1) is 0 Å². The van der Waals surface area contributed by atoms with Gasteiger partial charge in [-0.25, -0.2) is 0 Å². The molecule has 1 N–H and O–H groups in total. The van der Waals surface area contributed by atoms with E-state index in [1.165, 1.54) is 0 Å². The molecule has 0 bridgehead atoms. The van der Waals surface area contributed by atoms with Gasteiger partial charge >= 0.3 is 0 Å². The summed E-state index contributed by atoms with van der Waals surface area (Å²) in [5.41, 5.74) is 1.13. The summed E-state index contributed by atoms with van der Waals surface area (Å²) in [5, 5.41) is 3.33. The zero-order valence-electron chi connectivity index (χ0n) is 7.81. The molecule has 1 aromatic carbocycles. The Balaban J connectivity index is 2.30. The maximum atomic E-state index is 10.8. The van der Waals surface area contributed by atoms with E-state index >= 15 is 0 Å². The molecule has 0 unspecified atom stereocenters. The Kier molecular flexibility index (Phi) is 2.89. The van der Waals surface area contributed by atoms with Crippen molar-refractivity contribution in [2.45, 2.75) is 17.4 Å². The molecular formula is C11H13NOS. The van der Waals surface area contributed by atoms with Crippen LogP contribution >= 0.6 is 12.6 Å². The SMILES string of the molecule is O=C[C@H]1CCN[C@H]1c1ccccc1S. The van der Waals surface area contributed by atoms with Crippen LogP contribution in [0.2, 0.25) is 0 Å². The fourth-order valence-corrected chi connectivity index (χ4v) is 2.26. The second kappa shape index (κ2) is 4.15. The predicted octanol–water partition coefficient (Wildman–Crippen LogP) is 1.82. The molecule has 0 saturated carbocycles. The lowest BCUT2D eigenvalue weighted by Gasteiger charge is -2.16. The van der Waals surface area contributed by atoms with Crippen LogP contribution in [0, 0.1) is 5.92 Å². The Bertz CT molecular complexity index is 340. The van der Waals surface area contributed by atoms with E-state index in [1.807, 2.05) is 24.3 Å². The lowest BCUT2D eigenvalue weighted by atomic mass is 9.96. The molecule has 1 aromatic rings. The molecule has 1 heterocycles. The molecule has 0 aliphatic carbocycles. The van der Waals surface area contributed by atoms with Crippen LogP contribution in [-0.2, 0) is 4.79 Å². The summed E-state index contributed by atoms with van der Waals surface area (Å²) in [5.74, 6) is 0.100. The normalized spacial score (nSPS) is 26.4. The van der Waals surface area contributed by atoms with E-state index < -0.39 is 0 Å². The largest absolute Gasteiger partial charge is 0.309 e. The summed E-state index contributed by atoms with van der Waals surface area (Å²) in [6, 6.07) is 8.08. The molecule has 1 fully saturated rings. The van der Waals surface area contributed by atoms with Crippen LogP contribution in [0.3, 0.4) is 0 Å². The van der Waals surface area contributed by atoms with Crippen molar-refractivity contribution in [2.24, 2.45) is 5.92 Å². The number of hydrogen-bond acceptors (Lipinski definition) is 3. The lowest BCUT2D eigenvalue weighted by Crippen LogP contribution is -2.19. The van der Waals surface area contributed by atoms with Gasteiger partial charge in [0.15, 0.2) is 0 Å². The van der Waals surface area contributed by atoms with Crippen molar-refractivity contribution in [3.05, 3.63) is 29.8 Å². The fourth-order valence-electron chi connectivity index (χ4n) is 1.96. The summed E-state index contributed by atoms with van der Waals surface area (Å²) >= 11 is 4.40. The first-order chi connectivity index (χ1) is 6.83. The molecule has 3 heteroatoms. The predicted molar refractivity (Wildman–Crippen MR) is 58.6 cm³/mol. The zero-order valence-corrected chi connectivity index (χ0v) is 8.71. The first kappa shape index (κ1) is 9.74. The maximum absolute atomic E-state index is 10.8. The summed E-state index contributed by atoms with van der Waals surface area (Å²) < 4.78 is 0. The summed E-state index contributed by atoms with van der Waals surface area (Å²) in [6.45, 7) is 0.913. The second-order valence-electron chi connectivity index (χ2n) is 3.58. The van der Waals surface area contributed by atoms with Crippen LogP contribution < -0.4 is 5.32 Å². The van der Waals surface area contributed by atoms with Gasteiger partial charge in [-0.3, -0.25) is 0 Å². The number of benzene rings is 1. The van der Waals surface area contributed by atoms with E-state index in [1.54, 1.807) is 0 Å². The minimum Gasteiger partial charge on any atom is -0.309 e. The molecule has 14 heavy (non-hydrogen) atoms. The van der Waals surface area contributed by atoms with Gasteiger partial charge in [0.2, 0.25) is 0 Å². The molecule has 0 radical (unpaired) electrons. The topological polar surface area (TPSA) is 29.1 Å². The van der Waals surface area contributed by atoms with Crippen LogP contribution in [0.25, 0.3) is 0 Å². The van der Waals surface area contributed by atoms with Gasteiger partial charge in [-0.1, -0.05) is 18.2 Å². The lowest BCUT2D eigenvalue weighted by molar-refractivity contribution is -0.111. The second-order valence-corrected chi connectivity index (χ2v) is 4.06. The van der Waals surface area contributed by atoms with Crippen molar-refractivity contribution in [3.8, 4) is 0 Å². The fraction of sp³-hybridized carbons (Fsp3) is 0.364.